The first kappa shape index (κ1) is 22.9. The van der Waals surface area contributed by atoms with E-state index in [-0.39, 0.29) is 18.0 Å². The van der Waals surface area contributed by atoms with Crippen molar-refractivity contribution in [3.8, 4) is 0 Å². The number of ether oxygens (including phenoxy) is 1. The maximum absolute atomic E-state index is 13.6. The van der Waals surface area contributed by atoms with E-state index in [1.165, 1.54) is 12.1 Å². The number of thiol groups is 1. The molecule has 2 aliphatic rings. The number of halogens is 1. The van der Waals surface area contributed by atoms with Gasteiger partial charge >= 0.3 is 0 Å². The molecule has 0 spiro atoms. The third-order valence-corrected chi connectivity index (χ3v) is 6.43. The number of hydrogen-bond acceptors (Lipinski definition) is 7. The molecule has 0 radical (unpaired) electrons. The Kier molecular flexibility index (Phi) is 6.93. The molecule has 2 heterocycles. The van der Waals surface area contributed by atoms with Gasteiger partial charge in [-0.1, -0.05) is 0 Å². The minimum absolute atomic E-state index is 0.202. The summed E-state index contributed by atoms with van der Waals surface area (Å²) in [6.07, 6.45) is 5.14. The first-order valence-electron chi connectivity index (χ1n) is 11.1. The third kappa shape index (κ3) is 5.03. The predicted octanol–water partition coefficient (Wildman–Crippen LogP) is 3.92. The van der Waals surface area contributed by atoms with E-state index in [1.54, 1.807) is 25.4 Å². The number of methoxy groups -OCH3 is 1. The number of rotatable bonds is 7. The minimum atomic E-state index is -0.651. The molecule has 8 heteroatoms. The van der Waals surface area contributed by atoms with Gasteiger partial charge in [0, 0.05) is 37.0 Å². The van der Waals surface area contributed by atoms with Gasteiger partial charge in [-0.2, -0.15) is 0 Å². The number of nitrogens with one attached hydrogen (secondary N) is 2. The average molecular weight is 459 g/mol. The van der Waals surface area contributed by atoms with Crippen LogP contribution in [0.4, 0.5) is 10.2 Å². The number of pyridine rings is 1. The summed E-state index contributed by atoms with van der Waals surface area (Å²) in [5, 5.41) is 17.0. The number of anilines is 1. The van der Waals surface area contributed by atoms with E-state index < -0.39 is 4.99 Å². The number of aromatic nitrogens is 1. The van der Waals surface area contributed by atoms with Gasteiger partial charge in [-0.3, -0.25) is 0 Å². The van der Waals surface area contributed by atoms with E-state index in [4.69, 9.17) is 17.4 Å². The summed E-state index contributed by atoms with van der Waals surface area (Å²) in [7, 11) is 1.68. The van der Waals surface area contributed by atoms with E-state index in [0.29, 0.717) is 13.2 Å². The molecular weight excluding hydrogens is 427 g/mol. The van der Waals surface area contributed by atoms with Crippen LogP contribution in [0.5, 0.6) is 0 Å². The zero-order valence-corrected chi connectivity index (χ0v) is 19.4. The molecule has 0 saturated heterocycles. The van der Waals surface area contributed by atoms with Crippen LogP contribution in [0.1, 0.15) is 43.7 Å². The van der Waals surface area contributed by atoms with Gasteiger partial charge in [0.2, 0.25) is 0 Å². The molecule has 3 unspecified atom stereocenters. The summed E-state index contributed by atoms with van der Waals surface area (Å²) in [4.78, 5) is 6.02. The molecule has 4 rings (SSSR count). The van der Waals surface area contributed by atoms with Crippen LogP contribution in [0.3, 0.4) is 0 Å². The highest BCUT2D eigenvalue weighted by atomic mass is 32.1. The molecule has 1 aliphatic carbocycles. The molecule has 1 aliphatic heterocycles. The third-order valence-electron chi connectivity index (χ3n) is 6.08. The molecule has 1 aromatic carbocycles. The van der Waals surface area contributed by atoms with Gasteiger partial charge in [0.05, 0.1) is 24.1 Å². The number of aliphatic hydroxyl groups excluding tert-OH is 1. The van der Waals surface area contributed by atoms with Crippen molar-refractivity contribution >= 4 is 29.8 Å². The van der Waals surface area contributed by atoms with Crippen LogP contribution < -0.4 is 10.6 Å². The van der Waals surface area contributed by atoms with Crippen molar-refractivity contribution in [2.75, 3.05) is 25.6 Å². The Balaban J connectivity index is 1.72. The van der Waals surface area contributed by atoms with Crippen LogP contribution in [0.15, 0.2) is 42.6 Å². The lowest BCUT2D eigenvalue weighted by Gasteiger charge is -2.34. The van der Waals surface area contributed by atoms with Crippen molar-refractivity contribution in [1.29, 1.82) is 0 Å². The SMILES string of the molecule is COCCN1C(c2ccnc(NC3CCCC(O)C3)c2)=C(c2ccc(F)cc2)NC1(C)S. The van der Waals surface area contributed by atoms with E-state index in [0.717, 1.165) is 54.0 Å². The number of aliphatic hydroxyl groups is 1. The molecule has 3 atom stereocenters. The topological polar surface area (TPSA) is 69.7 Å². The standard InChI is InChI=1S/C24H31FN4O2S/c1-24(32)28-22(16-6-8-18(25)9-7-16)23(29(24)12-13-31-2)17-10-11-26-21(14-17)27-19-4-3-5-20(30)15-19/h6-11,14,19-20,28,30,32H,3-5,12-13,15H2,1-2H3,(H,26,27). The number of benzene rings is 1. The van der Waals surface area contributed by atoms with Gasteiger partial charge in [0.1, 0.15) is 11.6 Å². The largest absolute Gasteiger partial charge is 0.393 e. The predicted molar refractivity (Wildman–Crippen MR) is 128 cm³/mol. The molecule has 0 bridgehead atoms. The van der Waals surface area contributed by atoms with Gasteiger partial charge in [-0.25, -0.2) is 9.37 Å². The highest BCUT2D eigenvalue weighted by Crippen LogP contribution is 2.41. The first-order chi connectivity index (χ1) is 15.4. The van der Waals surface area contributed by atoms with Crippen LogP contribution in [0.25, 0.3) is 11.4 Å². The first-order valence-corrected chi connectivity index (χ1v) is 11.5. The smallest absolute Gasteiger partial charge is 0.153 e. The van der Waals surface area contributed by atoms with Crippen molar-refractivity contribution in [1.82, 2.24) is 15.2 Å². The molecule has 1 fully saturated rings. The normalized spacial score (nSPS) is 25.7. The lowest BCUT2D eigenvalue weighted by molar-refractivity contribution is 0.124. The van der Waals surface area contributed by atoms with Crippen LogP contribution in [0.2, 0.25) is 0 Å². The maximum atomic E-state index is 13.6. The van der Waals surface area contributed by atoms with Crippen LogP contribution >= 0.6 is 12.6 Å². The summed E-state index contributed by atoms with van der Waals surface area (Å²) < 4.78 is 18.9. The molecule has 172 valence electrons. The monoisotopic (exact) mass is 458 g/mol. The fourth-order valence-electron chi connectivity index (χ4n) is 4.51. The van der Waals surface area contributed by atoms with Crippen LogP contribution in [-0.2, 0) is 4.74 Å². The summed E-state index contributed by atoms with van der Waals surface area (Å²) in [5.74, 6) is 0.496. The second kappa shape index (κ2) is 9.68. The van der Waals surface area contributed by atoms with Gasteiger partial charge in [-0.15, -0.1) is 12.6 Å². The molecule has 1 saturated carbocycles. The van der Waals surface area contributed by atoms with Crippen LogP contribution in [-0.4, -0.2) is 52.4 Å². The lowest BCUT2D eigenvalue weighted by atomic mass is 9.93. The summed E-state index contributed by atoms with van der Waals surface area (Å²) in [6, 6.07) is 10.7. The molecule has 1 aromatic heterocycles. The Bertz CT molecular complexity index is 967. The van der Waals surface area contributed by atoms with E-state index in [1.807, 2.05) is 19.1 Å². The summed E-state index contributed by atoms with van der Waals surface area (Å²) in [5.41, 5.74) is 3.69. The Morgan fingerprint density at radius 3 is 2.78 bits per heavy atom. The fourth-order valence-corrected chi connectivity index (χ4v) is 4.83. The van der Waals surface area contributed by atoms with Gasteiger partial charge < -0.3 is 25.4 Å². The number of hydrogen-bond donors (Lipinski definition) is 4. The van der Waals surface area contributed by atoms with Crippen LogP contribution in [0, 0.1) is 5.82 Å². The quantitative estimate of drug-likeness (QED) is 0.472. The molecule has 6 nitrogen and oxygen atoms in total. The van der Waals surface area contributed by atoms with Crippen molar-refractivity contribution < 1.29 is 14.2 Å². The zero-order valence-electron chi connectivity index (χ0n) is 18.5. The average Bonchev–Trinajstić information content (AvgIpc) is 3.03. The highest BCUT2D eigenvalue weighted by Gasteiger charge is 2.39. The lowest BCUT2D eigenvalue weighted by Crippen LogP contribution is -2.46. The second-order valence-corrected chi connectivity index (χ2v) is 9.48. The van der Waals surface area contributed by atoms with Gasteiger partial charge in [-0.05, 0) is 69.0 Å². The summed E-state index contributed by atoms with van der Waals surface area (Å²) >= 11 is 4.88. The maximum Gasteiger partial charge on any atom is 0.153 e. The van der Waals surface area contributed by atoms with Gasteiger partial charge in [0.25, 0.3) is 0 Å². The Morgan fingerprint density at radius 1 is 1.28 bits per heavy atom. The van der Waals surface area contributed by atoms with Crippen molar-refractivity contribution in [3.63, 3.8) is 0 Å². The second-order valence-electron chi connectivity index (χ2n) is 8.61. The van der Waals surface area contributed by atoms with E-state index >= 15 is 0 Å². The number of nitrogens with zero attached hydrogens (tertiary/aromatic N) is 2. The zero-order chi connectivity index (χ0) is 22.7. The van der Waals surface area contributed by atoms with Crippen molar-refractivity contribution in [3.05, 3.63) is 59.5 Å². The summed E-state index contributed by atoms with van der Waals surface area (Å²) in [6.45, 7) is 3.16. The Labute approximate surface area is 194 Å². The highest BCUT2D eigenvalue weighted by molar-refractivity contribution is 7.81. The molecule has 2 aromatic rings. The molecular formula is C24H31FN4O2S. The van der Waals surface area contributed by atoms with E-state index in [9.17, 15) is 9.50 Å². The molecule has 0 amide bonds. The van der Waals surface area contributed by atoms with E-state index in [2.05, 4.69) is 20.5 Å². The van der Waals surface area contributed by atoms with Crippen molar-refractivity contribution in [2.24, 2.45) is 0 Å². The Hall–Kier alpha value is -2.29. The fraction of sp³-hybridized carbons (Fsp3) is 0.458. The molecule has 32 heavy (non-hydrogen) atoms. The van der Waals surface area contributed by atoms with Gasteiger partial charge in [0.15, 0.2) is 4.99 Å². The molecule has 3 N–H and O–H groups in total. The Morgan fingerprint density at radius 2 is 2.06 bits per heavy atom. The minimum Gasteiger partial charge on any atom is -0.393 e. The van der Waals surface area contributed by atoms with Crippen molar-refractivity contribution in [2.45, 2.75) is 49.7 Å².